The summed E-state index contributed by atoms with van der Waals surface area (Å²) in [7, 11) is 0. The molecule has 0 saturated heterocycles. The first kappa shape index (κ1) is 21.1. The fraction of sp³-hybridized carbons (Fsp3) is 0.231. The molecule has 1 aromatic heterocycles. The van der Waals surface area contributed by atoms with Gasteiger partial charge in [-0.05, 0) is 53.8 Å². The number of nitrogens with one attached hydrogen (secondary N) is 1. The molecule has 0 aliphatic carbocycles. The number of rotatable bonds is 6. The van der Waals surface area contributed by atoms with Crippen LogP contribution in [0, 0.1) is 0 Å². The average Bonchev–Trinajstić information content (AvgIpc) is 3.15. The Morgan fingerprint density at radius 1 is 1.00 bits per heavy atom. The van der Waals surface area contributed by atoms with Gasteiger partial charge in [0.1, 0.15) is 0 Å². The Kier molecular flexibility index (Phi) is 6.10. The molecule has 0 unspecified atom stereocenters. The zero-order valence-corrected chi connectivity index (χ0v) is 18.7. The van der Waals surface area contributed by atoms with Gasteiger partial charge >= 0.3 is 0 Å². The minimum Gasteiger partial charge on any atom is -0.346 e. The second kappa shape index (κ2) is 8.94. The van der Waals surface area contributed by atoms with Gasteiger partial charge in [0.2, 0.25) is 0 Å². The van der Waals surface area contributed by atoms with E-state index in [1.54, 1.807) is 0 Å². The van der Waals surface area contributed by atoms with Gasteiger partial charge in [0.15, 0.2) is 0 Å². The van der Waals surface area contributed by atoms with Gasteiger partial charge < -0.3 is 5.32 Å². The predicted octanol–water partition coefficient (Wildman–Crippen LogP) is 6.35. The normalized spacial score (nSPS) is 12.3. The monoisotopic (exact) mass is 431 g/mol. The molecule has 1 heterocycles. The van der Waals surface area contributed by atoms with Crippen LogP contribution in [0.1, 0.15) is 59.8 Å². The summed E-state index contributed by atoms with van der Waals surface area (Å²) in [5.41, 5.74) is 4.98. The lowest BCUT2D eigenvalue weighted by atomic mass is 9.99. The van der Waals surface area contributed by atoms with Crippen molar-refractivity contribution in [2.45, 2.75) is 39.3 Å². The van der Waals surface area contributed by atoms with Crippen molar-refractivity contribution in [3.63, 3.8) is 0 Å². The fourth-order valence-corrected chi connectivity index (χ4v) is 3.89. The molecule has 0 fully saturated rings. The van der Waals surface area contributed by atoms with Gasteiger partial charge in [-0.25, -0.2) is 0 Å². The van der Waals surface area contributed by atoms with Gasteiger partial charge in [0.25, 0.3) is 5.91 Å². The van der Waals surface area contributed by atoms with E-state index in [1.165, 1.54) is 5.56 Å². The topological polar surface area (TPSA) is 46.9 Å². The van der Waals surface area contributed by atoms with Crippen LogP contribution in [0.5, 0.6) is 0 Å². The first-order valence-corrected chi connectivity index (χ1v) is 10.9. The lowest BCUT2D eigenvalue weighted by molar-refractivity contribution is 0.0940. The Labute approximate surface area is 187 Å². The van der Waals surface area contributed by atoms with Crippen LogP contribution < -0.4 is 5.32 Å². The third-order valence-electron chi connectivity index (χ3n) is 5.58. The Bertz CT molecular complexity index is 1210. The standard InChI is InChI=1S/C26H26ClN3O/c1-17(2)20-7-9-21(10-8-20)18(3)29-26(31)22-11-12-23-15-28-30(25(23)14-22)16-19-5-4-6-24(27)13-19/h4-15,17-18H,16H2,1-3H3,(H,29,31)/t18-/m1/s1. The first-order valence-electron chi connectivity index (χ1n) is 10.5. The molecule has 1 atom stereocenters. The first-order chi connectivity index (χ1) is 14.9. The third-order valence-corrected chi connectivity index (χ3v) is 5.81. The molecule has 0 aliphatic rings. The number of benzene rings is 3. The lowest BCUT2D eigenvalue weighted by Gasteiger charge is -2.16. The molecule has 31 heavy (non-hydrogen) atoms. The number of carbonyl (C=O) groups is 1. The number of halogens is 1. The van der Waals surface area contributed by atoms with Crippen molar-refractivity contribution in [2.24, 2.45) is 0 Å². The van der Waals surface area contributed by atoms with Crippen LogP contribution in [0.4, 0.5) is 0 Å². The number of nitrogens with zero attached hydrogens (tertiary/aromatic N) is 2. The van der Waals surface area contributed by atoms with Crippen molar-refractivity contribution in [3.8, 4) is 0 Å². The molecule has 158 valence electrons. The van der Waals surface area contributed by atoms with E-state index in [1.807, 2.05) is 60.3 Å². The van der Waals surface area contributed by atoms with E-state index in [9.17, 15) is 4.79 Å². The zero-order valence-electron chi connectivity index (χ0n) is 18.0. The van der Waals surface area contributed by atoms with E-state index < -0.39 is 0 Å². The molecule has 1 N–H and O–H groups in total. The Balaban J connectivity index is 1.52. The molecule has 0 saturated carbocycles. The maximum Gasteiger partial charge on any atom is 0.251 e. The minimum absolute atomic E-state index is 0.0826. The maximum absolute atomic E-state index is 12.9. The molecule has 0 spiro atoms. The largest absolute Gasteiger partial charge is 0.346 e. The molecule has 0 bridgehead atoms. The Hall–Kier alpha value is -3.11. The highest BCUT2D eigenvalue weighted by Gasteiger charge is 2.14. The highest BCUT2D eigenvalue weighted by Crippen LogP contribution is 2.21. The lowest BCUT2D eigenvalue weighted by Crippen LogP contribution is -2.26. The minimum atomic E-state index is -0.0992. The average molecular weight is 432 g/mol. The molecule has 4 nitrogen and oxygen atoms in total. The number of hydrogen-bond acceptors (Lipinski definition) is 2. The van der Waals surface area contributed by atoms with Crippen LogP contribution in [0.25, 0.3) is 10.9 Å². The van der Waals surface area contributed by atoms with Crippen LogP contribution in [0.15, 0.2) is 72.9 Å². The predicted molar refractivity (Wildman–Crippen MR) is 127 cm³/mol. The highest BCUT2D eigenvalue weighted by atomic mass is 35.5. The quantitative estimate of drug-likeness (QED) is 0.386. The molecule has 1 amide bonds. The van der Waals surface area contributed by atoms with E-state index in [4.69, 9.17) is 11.6 Å². The molecule has 3 aromatic carbocycles. The summed E-state index contributed by atoms with van der Waals surface area (Å²) in [5.74, 6) is 0.389. The number of fused-ring (bicyclic) bond motifs is 1. The summed E-state index contributed by atoms with van der Waals surface area (Å²) in [5, 5.41) is 9.30. The van der Waals surface area contributed by atoms with Gasteiger partial charge in [-0.3, -0.25) is 9.48 Å². The van der Waals surface area contributed by atoms with Crippen LogP contribution >= 0.6 is 11.6 Å². The van der Waals surface area contributed by atoms with Crippen molar-refractivity contribution < 1.29 is 4.79 Å². The number of amides is 1. The van der Waals surface area contributed by atoms with E-state index in [0.29, 0.717) is 23.0 Å². The van der Waals surface area contributed by atoms with Gasteiger partial charge in [0.05, 0.1) is 24.3 Å². The van der Waals surface area contributed by atoms with Crippen molar-refractivity contribution >= 4 is 28.4 Å². The number of hydrogen-bond donors (Lipinski definition) is 1. The van der Waals surface area contributed by atoms with Crippen LogP contribution in [-0.2, 0) is 6.54 Å². The van der Waals surface area contributed by atoms with Crippen LogP contribution in [0.2, 0.25) is 5.02 Å². The summed E-state index contributed by atoms with van der Waals surface area (Å²) in [4.78, 5) is 12.9. The van der Waals surface area contributed by atoms with Crippen molar-refractivity contribution in [1.82, 2.24) is 15.1 Å². The Morgan fingerprint density at radius 3 is 2.45 bits per heavy atom. The zero-order chi connectivity index (χ0) is 22.0. The molecular weight excluding hydrogens is 406 g/mol. The fourth-order valence-electron chi connectivity index (χ4n) is 3.68. The molecule has 0 radical (unpaired) electrons. The smallest absolute Gasteiger partial charge is 0.251 e. The van der Waals surface area contributed by atoms with Crippen molar-refractivity contribution in [2.75, 3.05) is 0 Å². The third kappa shape index (κ3) is 4.80. The second-order valence-corrected chi connectivity index (χ2v) is 8.66. The molecule has 5 heteroatoms. The van der Waals surface area contributed by atoms with E-state index in [2.05, 4.69) is 48.5 Å². The molecule has 4 aromatic rings. The van der Waals surface area contributed by atoms with Crippen molar-refractivity contribution in [1.29, 1.82) is 0 Å². The maximum atomic E-state index is 12.9. The molecule has 4 rings (SSSR count). The van der Waals surface area contributed by atoms with Crippen LogP contribution in [0.3, 0.4) is 0 Å². The highest BCUT2D eigenvalue weighted by molar-refractivity contribution is 6.30. The Morgan fingerprint density at radius 2 is 1.74 bits per heavy atom. The SMILES string of the molecule is CC(C)c1ccc([C@@H](C)NC(=O)c2ccc3cnn(Cc4cccc(Cl)c4)c3c2)cc1. The van der Waals surface area contributed by atoms with E-state index in [0.717, 1.165) is 22.0 Å². The summed E-state index contributed by atoms with van der Waals surface area (Å²) in [6.45, 7) is 6.94. The summed E-state index contributed by atoms with van der Waals surface area (Å²) in [6.07, 6.45) is 1.82. The van der Waals surface area contributed by atoms with E-state index in [-0.39, 0.29) is 11.9 Å². The van der Waals surface area contributed by atoms with Gasteiger partial charge in [-0.1, -0.05) is 67.9 Å². The summed E-state index contributed by atoms with van der Waals surface area (Å²) >= 11 is 6.11. The second-order valence-electron chi connectivity index (χ2n) is 8.22. The van der Waals surface area contributed by atoms with Gasteiger partial charge in [-0.15, -0.1) is 0 Å². The van der Waals surface area contributed by atoms with Crippen LogP contribution in [-0.4, -0.2) is 15.7 Å². The molecule has 0 aliphatic heterocycles. The van der Waals surface area contributed by atoms with E-state index >= 15 is 0 Å². The number of carbonyl (C=O) groups excluding carboxylic acids is 1. The van der Waals surface area contributed by atoms with Gasteiger partial charge in [-0.2, -0.15) is 5.10 Å². The van der Waals surface area contributed by atoms with Crippen molar-refractivity contribution in [3.05, 3.63) is 100 Å². The van der Waals surface area contributed by atoms with Gasteiger partial charge in [0, 0.05) is 16.0 Å². The molecular formula is C26H26ClN3O. The summed E-state index contributed by atoms with van der Waals surface area (Å²) in [6, 6.07) is 21.8. The summed E-state index contributed by atoms with van der Waals surface area (Å²) < 4.78 is 1.89. The number of aromatic nitrogens is 2.